The van der Waals surface area contributed by atoms with E-state index < -0.39 is 0 Å². The Balaban J connectivity index is 1.55. The van der Waals surface area contributed by atoms with Crippen molar-refractivity contribution in [3.63, 3.8) is 0 Å². The van der Waals surface area contributed by atoms with Gasteiger partial charge in [0.2, 0.25) is 0 Å². The second-order valence-electron chi connectivity index (χ2n) is 5.97. The lowest BCUT2D eigenvalue weighted by Crippen LogP contribution is -2.39. The summed E-state index contributed by atoms with van der Waals surface area (Å²) in [6.07, 6.45) is 6.71. The second-order valence-corrected chi connectivity index (χ2v) is 6.75. The fourth-order valence-electron chi connectivity index (χ4n) is 2.73. The van der Waals surface area contributed by atoms with Crippen molar-refractivity contribution in [2.24, 2.45) is 4.99 Å². The largest absolute Gasteiger partial charge is 0.378 e. The predicted molar refractivity (Wildman–Crippen MR) is 94.9 cm³/mol. The Kier molecular flexibility index (Phi) is 7.74. The summed E-state index contributed by atoms with van der Waals surface area (Å²) < 4.78 is 5.87. The number of hydrogen-bond acceptors (Lipinski definition) is 3. The van der Waals surface area contributed by atoms with Crippen molar-refractivity contribution in [2.75, 3.05) is 26.7 Å². The number of aliphatic imine (C=N–C) groups is 1. The van der Waals surface area contributed by atoms with Crippen LogP contribution in [0.1, 0.15) is 50.5 Å². The Labute approximate surface area is 138 Å². The highest BCUT2D eigenvalue weighted by Gasteiger charge is 2.14. The van der Waals surface area contributed by atoms with Gasteiger partial charge in [0.25, 0.3) is 0 Å². The van der Waals surface area contributed by atoms with Gasteiger partial charge in [-0.05, 0) is 47.6 Å². The number of nitrogens with zero attached hydrogens (tertiary/aromatic N) is 1. The van der Waals surface area contributed by atoms with Crippen molar-refractivity contribution in [1.82, 2.24) is 10.6 Å². The Bertz CT molecular complexity index is 427. The van der Waals surface area contributed by atoms with Crippen LogP contribution >= 0.6 is 11.3 Å². The molecule has 1 fully saturated rings. The first-order valence-electron chi connectivity index (χ1n) is 8.38. The molecule has 4 nitrogen and oxygen atoms in total. The van der Waals surface area contributed by atoms with Gasteiger partial charge >= 0.3 is 0 Å². The van der Waals surface area contributed by atoms with Crippen LogP contribution in [0.3, 0.4) is 0 Å². The van der Waals surface area contributed by atoms with Gasteiger partial charge in [-0.15, -0.1) is 0 Å². The van der Waals surface area contributed by atoms with E-state index in [0.29, 0.717) is 12.0 Å². The summed E-state index contributed by atoms with van der Waals surface area (Å²) in [6, 6.07) is 2.19. The van der Waals surface area contributed by atoms with Crippen LogP contribution in [0, 0.1) is 0 Å². The second kappa shape index (κ2) is 9.85. The molecule has 0 spiro atoms. The number of nitrogens with one attached hydrogen (secondary N) is 2. The molecule has 2 N–H and O–H groups in total. The van der Waals surface area contributed by atoms with Crippen LogP contribution < -0.4 is 10.6 Å². The topological polar surface area (TPSA) is 45.7 Å². The third kappa shape index (κ3) is 5.97. The number of guanidine groups is 1. The molecule has 1 saturated carbocycles. The maximum Gasteiger partial charge on any atom is 0.190 e. The Morgan fingerprint density at radius 3 is 2.91 bits per heavy atom. The zero-order chi connectivity index (χ0) is 15.6. The van der Waals surface area contributed by atoms with E-state index in [0.717, 1.165) is 32.1 Å². The van der Waals surface area contributed by atoms with Crippen LogP contribution in [0.5, 0.6) is 0 Å². The average Bonchev–Trinajstić information content (AvgIpc) is 3.22. The number of hydrogen-bond donors (Lipinski definition) is 2. The van der Waals surface area contributed by atoms with Gasteiger partial charge in [0.15, 0.2) is 5.96 Å². The molecule has 0 amide bonds. The van der Waals surface area contributed by atoms with Gasteiger partial charge in [-0.2, -0.15) is 11.3 Å². The van der Waals surface area contributed by atoms with Crippen LogP contribution in [0.25, 0.3) is 0 Å². The molecule has 0 bridgehead atoms. The van der Waals surface area contributed by atoms with Crippen molar-refractivity contribution in [1.29, 1.82) is 0 Å². The van der Waals surface area contributed by atoms with E-state index in [9.17, 15) is 0 Å². The molecule has 1 aliphatic rings. The van der Waals surface area contributed by atoms with Crippen molar-refractivity contribution in [3.8, 4) is 0 Å². The average molecular weight is 324 g/mol. The molecule has 0 radical (unpaired) electrons. The molecular formula is C17H29N3OS. The minimum absolute atomic E-state index is 0.496. The highest BCUT2D eigenvalue weighted by Crippen LogP contribution is 2.20. The van der Waals surface area contributed by atoms with Crippen LogP contribution in [-0.2, 0) is 4.74 Å². The smallest absolute Gasteiger partial charge is 0.190 e. The Morgan fingerprint density at radius 1 is 1.41 bits per heavy atom. The summed E-state index contributed by atoms with van der Waals surface area (Å²) in [5, 5.41) is 11.1. The normalized spacial score (nSPS) is 17.6. The van der Waals surface area contributed by atoms with Crippen molar-refractivity contribution < 1.29 is 4.74 Å². The molecule has 1 atom stereocenters. The first-order valence-corrected chi connectivity index (χ1v) is 9.32. The van der Waals surface area contributed by atoms with E-state index in [1.54, 1.807) is 11.3 Å². The van der Waals surface area contributed by atoms with Gasteiger partial charge in [0, 0.05) is 26.7 Å². The highest BCUT2D eigenvalue weighted by atomic mass is 32.1. The summed E-state index contributed by atoms with van der Waals surface area (Å²) in [5.74, 6) is 1.37. The Morgan fingerprint density at radius 2 is 2.23 bits per heavy atom. The number of rotatable bonds is 8. The summed E-state index contributed by atoms with van der Waals surface area (Å²) in [6.45, 7) is 4.88. The monoisotopic (exact) mass is 323 g/mol. The SMILES string of the molecule is CN=C(NCCCOC1CCCC1)NCC(C)c1ccsc1. The van der Waals surface area contributed by atoms with E-state index in [1.165, 1.54) is 31.2 Å². The summed E-state index contributed by atoms with van der Waals surface area (Å²) in [7, 11) is 1.82. The van der Waals surface area contributed by atoms with E-state index in [1.807, 2.05) is 7.05 Å². The molecule has 1 aliphatic carbocycles. The van der Waals surface area contributed by atoms with Crippen LogP contribution in [0.15, 0.2) is 21.8 Å². The van der Waals surface area contributed by atoms with E-state index in [-0.39, 0.29) is 0 Å². The van der Waals surface area contributed by atoms with E-state index >= 15 is 0 Å². The molecule has 22 heavy (non-hydrogen) atoms. The standard InChI is InChI=1S/C17H29N3OS/c1-14(15-8-11-22-13-15)12-20-17(18-2)19-9-5-10-21-16-6-3-4-7-16/h8,11,13-14,16H,3-7,9-10,12H2,1-2H3,(H2,18,19,20). The molecule has 1 heterocycles. The summed E-state index contributed by atoms with van der Waals surface area (Å²) in [5.41, 5.74) is 1.39. The van der Waals surface area contributed by atoms with Gasteiger partial charge in [0.1, 0.15) is 0 Å². The molecular weight excluding hydrogens is 294 g/mol. The maximum atomic E-state index is 5.87. The first-order chi connectivity index (χ1) is 10.8. The van der Waals surface area contributed by atoms with Gasteiger partial charge in [-0.1, -0.05) is 19.8 Å². The molecule has 1 aromatic rings. The zero-order valence-electron chi connectivity index (χ0n) is 13.8. The van der Waals surface area contributed by atoms with Crippen molar-refractivity contribution >= 4 is 17.3 Å². The minimum Gasteiger partial charge on any atom is -0.378 e. The van der Waals surface area contributed by atoms with Gasteiger partial charge in [-0.3, -0.25) is 4.99 Å². The van der Waals surface area contributed by atoms with Crippen LogP contribution in [0.4, 0.5) is 0 Å². The van der Waals surface area contributed by atoms with E-state index in [4.69, 9.17) is 4.74 Å². The molecule has 124 valence electrons. The van der Waals surface area contributed by atoms with Crippen molar-refractivity contribution in [2.45, 2.75) is 51.0 Å². The van der Waals surface area contributed by atoms with E-state index in [2.05, 4.69) is 39.4 Å². The van der Waals surface area contributed by atoms with Crippen molar-refractivity contribution in [3.05, 3.63) is 22.4 Å². The molecule has 0 saturated heterocycles. The molecule has 1 aromatic heterocycles. The third-order valence-corrected chi connectivity index (χ3v) is 4.88. The molecule has 5 heteroatoms. The summed E-state index contributed by atoms with van der Waals surface area (Å²) >= 11 is 1.75. The third-order valence-electron chi connectivity index (χ3n) is 4.18. The van der Waals surface area contributed by atoms with Gasteiger partial charge in [-0.25, -0.2) is 0 Å². The lowest BCUT2D eigenvalue weighted by Gasteiger charge is -2.16. The lowest BCUT2D eigenvalue weighted by molar-refractivity contribution is 0.0574. The minimum atomic E-state index is 0.496. The summed E-state index contributed by atoms with van der Waals surface area (Å²) in [4.78, 5) is 4.27. The first kappa shape index (κ1) is 17.3. The predicted octanol–water partition coefficient (Wildman–Crippen LogP) is 3.37. The molecule has 0 aliphatic heterocycles. The fraction of sp³-hybridized carbons (Fsp3) is 0.706. The quantitative estimate of drug-likeness (QED) is 0.438. The zero-order valence-corrected chi connectivity index (χ0v) is 14.6. The highest BCUT2D eigenvalue weighted by molar-refractivity contribution is 7.07. The van der Waals surface area contributed by atoms with Crippen LogP contribution in [-0.4, -0.2) is 38.8 Å². The lowest BCUT2D eigenvalue weighted by atomic mass is 10.1. The number of thiophene rings is 1. The molecule has 1 unspecified atom stereocenters. The fourth-order valence-corrected chi connectivity index (χ4v) is 3.51. The van der Waals surface area contributed by atoms with Gasteiger partial charge < -0.3 is 15.4 Å². The molecule has 0 aromatic carbocycles. The van der Waals surface area contributed by atoms with Gasteiger partial charge in [0.05, 0.1) is 6.10 Å². The molecule has 2 rings (SSSR count). The van der Waals surface area contributed by atoms with Crippen LogP contribution in [0.2, 0.25) is 0 Å². The Hall–Kier alpha value is -1.07. The maximum absolute atomic E-state index is 5.87. The number of ether oxygens (including phenoxy) is 1.